The zero-order valence-electron chi connectivity index (χ0n) is 15.1. The lowest BCUT2D eigenvalue weighted by molar-refractivity contribution is -0.137. The SMILES string of the molecule is Cc1ccc2nc(C)n(-c3cncc(Nc4ccc(C(F)(F)F)cc4)n3)c2c1. The summed E-state index contributed by atoms with van der Waals surface area (Å²) in [5.41, 5.74) is 2.65. The number of benzene rings is 2. The van der Waals surface area contributed by atoms with Gasteiger partial charge in [-0.05, 0) is 55.8 Å². The summed E-state index contributed by atoms with van der Waals surface area (Å²) in [6, 6.07) is 10.7. The summed E-state index contributed by atoms with van der Waals surface area (Å²) < 4.78 is 40.0. The highest BCUT2D eigenvalue weighted by Gasteiger charge is 2.29. The van der Waals surface area contributed by atoms with Crippen molar-refractivity contribution in [1.82, 2.24) is 19.5 Å². The Hall–Kier alpha value is -3.42. The maximum Gasteiger partial charge on any atom is 0.416 e. The third-order valence-corrected chi connectivity index (χ3v) is 4.31. The summed E-state index contributed by atoms with van der Waals surface area (Å²) >= 11 is 0. The summed E-state index contributed by atoms with van der Waals surface area (Å²) in [6.07, 6.45) is -1.23. The van der Waals surface area contributed by atoms with Gasteiger partial charge in [-0.2, -0.15) is 13.2 Å². The number of imidazole rings is 1. The van der Waals surface area contributed by atoms with Crippen LogP contribution in [0.4, 0.5) is 24.7 Å². The van der Waals surface area contributed by atoms with Crippen molar-refractivity contribution in [3.63, 3.8) is 0 Å². The number of fused-ring (bicyclic) bond motifs is 1. The van der Waals surface area contributed by atoms with E-state index in [1.807, 2.05) is 36.6 Å². The van der Waals surface area contributed by atoms with E-state index < -0.39 is 11.7 Å². The maximum atomic E-state index is 12.7. The van der Waals surface area contributed by atoms with Crippen molar-refractivity contribution in [2.45, 2.75) is 20.0 Å². The van der Waals surface area contributed by atoms with Gasteiger partial charge in [0.2, 0.25) is 0 Å². The second kappa shape index (κ2) is 6.63. The fourth-order valence-corrected chi connectivity index (χ4v) is 3.01. The van der Waals surface area contributed by atoms with E-state index in [1.54, 1.807) is 6.20 Å². The molecule has 0 aliphatic heterocycles. The van der Waals surface area contributed by atoms with Crippen LogP contribution in [-0.4, -0.2) is 19.5 Å². The van der Waals surface area contributed by atoms with Crippen molar-refractivity contribution >= 4 is 22.5 Å². The number of alkyl halides is 3. The summed E-state index contributed by atoms with van der Waals surface area (Å²) in [5.74, 6) is 1.76. The van der Waals surface area contributed by atoms with Gasteiger partial charge in [0.15, 0.2) is 11.6 Å². The summed E-state index contributed by atoms with van der Waals surface area (Å²) in [7, 11) is 0. The number of aromatic nitrogens is 4. The van der Waals surface area contributed by atoms with Gasteiger partial charge in [0, 0.05) is 5.69 Å². The zero-order chi connectivity index (χ0) is 19.9. The van der Waals surface area contributed by atoms with Gasteiger partial charge < -0.3 is 5.32 Å². The molecule has 8 heteroatoms. The van der Waals surface area contributed by atoms with Crippen molar-refractivity contribution in [2.24, 2.45) is 0 Å². The van der Waals surface area contributed by atoms with E-state index in [0.717, 1.165) is 34.6 Å². The predicted molar refractivity (Wildman–Crippen MR) is 101 cm³/mol. The fraction of sp³-hybridized carbons (Fsp3) is 0.150. The smallest absolute Gasteiger partial charge is 0.339 e. The Labute approximate surface area is 158 Å². The third kappa shape index (κ3) is 3.40. The standard InChI is InChI=1S/C20H16F3N5/c1-12-3-8-16-17(9-12)28(13(2)25-16)19-11-24-10-18(27-19)26-15-6-4-14(5-7-15)20(21,22)23/h3-11H,1-2H3,(H,26,27). The quantitative estimate of drug-likeness (QED) is 0.529. The molecule has 0 spiro atoms. The van der Waals surface area contributed by atoms with Gasteiger partial charge in [0.1, 0.15) is 5.82 Å². The minimum atomic E-state index is -4.36. The molecule has 1 N–H and O–H groups in total. The molecule has 4 rings (SSSR count). The molecule has 0 amide bonds. The monoisotopic (exact) mass is 383 g/mol. The molecule has 0 aliphatic rings. The van der Waals surface area contributed by atoms with Gasteiger partial charge >= 0.3 is 6.18 Å². The maximum absolute atomic E-state index is 12.7. The van der Waals surface area contributed by atoms with Crippen molar-refractivity contribution in [2.75, 3.05) is 5.32 Å². The Balaban J connectivity index is 1.67. The van der Waals surface area contributed by atoms with Crippen LogP contribution in [-0.2, 0) is 6.18 Å². The lowest BCUT2D eigenvalue weighted by Gasteiger charge is -2.11. The molecule has 0 atom stereocenters. The highest BCUT2D eigenvalue weighted by molar-refractivity contribution is 5.78. The van der Waals surface area contributed by atoms with Crippen LogP contribution < -0.4 is 5.32 Å². The van der Waals surface area contributed by atoms with Crippen LogP contribution in [0.2, 0.25) is 0 Å². The summed E-state index contributed by atoms with van der Waals surface area (Å²) in [5, 5.41) is 2.99. The van der Waals surface area contributed by atoms with E-state index in [4.69, 9.17) is 0 Å². The van der Waals surface area contributed by atoms with Crippen molar-refractivity contribution in [3.05, 3.63) is 71.8 Å². The summed E-state index contributed by atoms with van der Waals surface area (Å²) in [4.78, 5) is 13.3. The first-order chi connectivity index (χ1) is 13.3. The Bertz CT molecular complexity index is 1150. The van der Waals surface area contributed by atoms with Gasteiger partial charge in [0.25, 0.3) is 0 Å². The number of aryl methyl sites for hydroxylation is 2. The first kappa shape index (κ1) is 18.0. The average molecular weight is 383 g/mol. The molecule has 2 aromatic heterocycles. The van der Waals surface area contributed by atoms with Crippen LogP contribution in [0.3, 0.4) is 0 Å². The Morgan fingerprint density at radius 3 is 2.39 bits per heavy atom. The predicted octanol–water partition coefficient (Wildman–Crippen LogP) is 5.19. The molecule has 0 saturated heterocycles. The Kier molecular flexibility index (Phi) is 4.26. The molecular formula is C20H16F3N5. The Morgan fingerprint density at radius 2 is 1.68 bits per heavy atom. The topological polar surface area (TPSA) is 55.6 Å². The van der Waals surface area contributed by atoms with Crippen molar-refractivity contribution < 1.29 is 13.2 Å². The van der Waals surface area contributed by atoms with E-state index >= 15 is 0 Å². The van der Waals surface area contributed by atoms with Gasteiger partial charge in [0.05, 0.1) is 29.0 Å². The number of halogens is 3. The largest absolute Gasteiger partial charge is 0.416 e. The van der Waals surface area contributed by atoms with Crippen LogP contribution in [0.25, 0.3) is 16.9 Å². The Morgan fingerprint density at radius 1 is 0.929 bits per heavy atom. The molecule has 2 aromatic carbocycles. The van der Waals surface area contributed by atoms with E-state index in [2.05, 4.69) is 20.3 Å². The minimum absolute atomic E-state index is 0.422. The second-order valence-corrected chi connectivity index (χ2v) is 6.45. The highest BCUT2D eigenvalue weighted by atomic mass is 19.4. The molecule has 0 radical (unpaired) electrons. The number of nitrogens with one attached hydrogen (secondary N) is 1. The molecular weight excluding hydrogens is 367 g/mol. The first-order valence-corrected chi connectivity index (χ1v) is 8.54. The van der Waals surface area contributed by atoms with Crippen LogP contribution in [0, 0.1) is 13.8 Å². The average Bonchev–Trinajstić information content (AvgIpc) is 2.96. The van der Waals surface area contributed by atoms with Crippen molar-refractivity contribution in [1.29, 1.82) is 0 Å². The molecule has 142 valence electrons. The number of rotatable bonds is 3. The number of hydrogen-bond donors (Lipinski definition) is 1. The fourth-order valence-electron chi connectivity index (χ4n) is 3.01. The van der Waals surface area contributed by atoms with Gasteiger partial charge in [-0.15, -0.1) is 0 Å². The van der Waals surface area contributed by atoms with Gasteiger partial charge in [-0.1, -0.05) is 6.07 Å². The highest BCUT2D eigenvalue weighted by Crippen LogP contribution is 2.30. The normalized spacial score (nSPS) is 11.8. The van der Waals surface area contributed by atoms with Crippen LogP contribution in [0.15, 0.2) is 54.9 Å². The second-order valence-electron chi connectivity index (χ2n) is 6.45. The zero-order valence-corrected chi connectivity index (χ0v) is 15.1. The lowest BCUT2D eigenvalue weighted by atomic mass is 10.2. The molecule has 0 bridgehead atoms. The summed E-state index contributed by atoms with van der Waals surface area (Å²) in [6.45, 7) is 3.88. The van der Waals surface area contributed by atoms with Crippen LogP contribution in [0.5, 0.6) is 0 Å². The molecule has 4 aromatic rings. The molecule has 28 heavy (non-hydrogen) atoms. The number of nitrogens with zero attached hydrogens (tertiary/aromatic N) is 4. The third-order valence-electron chi connectivity index (χ3n) is 4.31. The molecule has 0 unspecified atom stereocenters. The van der Waals surface area contributed by atoms with Gasteiger partial charge in [-0.25, -0.2) is 9.97 Å². The van der Waals surface area contributed by atoms with Crippen LogP contribution >= 0.6 is 0 Å². The minimum Gasteiger partial charge on any atom is -0.339 e. The first-order valence-electron chi connectivity index (χ1n) is 8.54. The molecule has 5 nitrogen and oxygen atoms in total. The van der Waals surface area contributed by atoms with Crippen molar-refractivity contribution in [3.8, 4) is 5.82 Å². The molecule has 0 fully saturated rings. The molecule has 2 heterocycles. The lowest BCUT2D eigenvalue weighted by Crippen LogP contribution is -2.05. The molecule has 0 saturated carbocycles. The van der Waals surface area contributed by atoms with Gasteiger partial charge in [-0.3, -0.25) is 9.55 Å². The molecule has 0 aliphatic carbocycles. The number of hydrogen-bond acceptors (Lipinski definition) is 4. The van der Waals surface area contributed by atoms with E-state index in [0.29, 0.717) is 17.3 Å². The number of anilines is 2. The van der Waals surface area contributed by atoms with E-state index in [-0.39, 0.29) is 0 Å². The van der Waals surface area contributed by atoms with E-state index in [1.165, 1.54) is 18.3 Å². The van der Waals surface area contributed by atoms with Crippen LogP contribution in [0.1, 0.15) is 17.0 Å². The van der Waals surface area contributed by atoms with E-state index in [9.17, 15) is 13.2 Å².